The van der Waals surface area contributed by atoms with Gasteiger partial charge in [-0.25, -0.2) is 4.57 Å². The van der Waals surface area contributed by atoms with Gasteiger partial charge in [0.1, 0.15) is 34.0 Å². The van der Waals surface area contributed by atoms with Gasteiger partial charge in [0.2, 0.25) is 0 Å². The third-order valence-corrected chi connectivity index (χ3v) is 5.47. The molecule has 2 heterocycles. The Morgan fingerprint density at radius 2 is 1.90 bits per heavy atom. The van der Waals surface area contributed by atoms with Crippen LogP contribution in [0.5, 0.6) is 0 Å². The van der Waals surface area contributed by atoms with Crippen molar-refractivity contribution in [2.75, 3.05) is 13.2 Å². The van der Waals surface area contributed by atoms with Crippen LogP contribution in [0.1, 0.15) is 34.1 Å². The predicted octanol–water partition coefficient (Wildman–Crippen LogP) is 1.56. The van der Waals surface area contributed by atoms with E-state index in [1.165, 1.54) is 0 Å². The fourth-order valence-electron chi connectivity index (χ4n) is 3.25. The van der Waals surface area contributed by atoms with Crippen LogP contribution in [0.3, 0.4) is 0 Å². The molecular weight excluding hydrogens is 415 g/mol. The van der Waals surface area contributed by atoms with Crippen molar-refractivity contribution in [3.63, 3.8) is 0 Å². The first-order valence-electron chi connectivity index (χ1n) is 9.81. The maximum absolute atomic E-state index is 12.6. The number of hydrogen-bond acceptors (Lipinski definition) is 8. The summed E-state index contributed by atoms with van der Waals surface area (Å²) in [5, 5.41) is 3.54. The molecule has 0 amide bonds. The number of nitrogens with zero attached hydrogens (tertiary/aromatic N) is 3. The first-order valence-corrected chi connectivity index (χ1v) is 11.3. The zero-order valence-corrected chi connectivity index (χ0v) is 18.5. The zero-order chi connectivity index (χ0) is 22.5. The van der Waals surface area contributed by atoms with E-state index >= 15 is 0 Å². The van der Waals surface area contributed by atoms with Crippen molar-refractivity contribution >= 4 is 23.5 Å². The largest absolute Gasteiger partial charge is 0.472 e. The van der Waals surface area contributed by atoms with E-state index in [-0.39, 0.29) is 31.5 Å². The molecule has 0 aromatic heterocycles. The summed E-state index contributed by atoms with van der Waals surface area (Å²) in [6, 6.07) is -2.62. The van der Waals surface area contributed by atoms with Crippen molar-refractivity contribution in [3.05, 3.63) is 10.4 Å². The molecular formula is C16H28B2N3O8P. The normalized spacial score (nSPS) is 36.2. The molecule has 14 heteroatoms. The van der Waals surface area contributed by atoms with Crippen LogP contribution < -0.4 is 0 Å². The predicted molar refractivity (Wildman–Crippen MR) is 108 cm³/mol. The van der Waals surface area contributed by atoms with Gasteiger partial charge < -0.3 is 23.8 Å². The standard InChI is InChI=1S/C16H28B2N3O8P/c1-8(2)24-6-12-15(14(20-21-19)16(18)28-12)29-30(22,23)25-7-11-10(26-9(3)4)5-13(17)27-11/h8-16H,5-7H2,1-4H3,(H,22,23)/t10-,11-,12-,13-,14?,15+,16-/m1/s1. The smallest absolute Gasteiger partial charge is 0.380 e. The molecule has 2 fully saturated rings. The van der Waals surface area contributed by atoms with Crippen LogP contribution in [-0.4, -0.2) is 88.5 Å². The van der Waals surface area contributed by atoms with E-state index in [0.717, 1.165) is 0 Å². The van der Waals surface area contributed by atoms with Gasteiger partial charge in [0, 0.05) is 16.9 Å². The monoisotopic (exact) mass is 443 g/mol. The topological polar surface area (TPSA) is 141 Å². The molecule has 166 valence electrons. The van der Waals surface area contributed by atoms with Gasteiger partial charge in [0.15, 0.2) is 0 Å². The quantitative estimate of drug-likeness (QED) is 0.167. The second-order valence-electron chi connectivity index (χ2n) is 7.72. The number of phosphoric ester groups is 1. The molecule has 2 aliphatic rings. The Balaban J connectivity index is 2.02. The lowest BCUT2D eigenvalue weighted by Crippen LogP contribution is -2.36. The first-order chi connectivity index (χ1) is 14.0. The summed E-state index contributed by atoms with van der Waals surface area (Å²) in [7, 11) is 7.04. The molecule has 8 atom stereocenters. The minimum absolute atomic E-state index is 0.0262. The molecule has 0 bridgehead atoms. The SMILES string of the molecule is [B][C@@H]1O[C@H](COC(C)C)[C@H](OP(=O)(O)OC[C@H]2O[C@@H]([B])C[C@H]2OC(C)C)C1N=[N+]=[N-]. The van der Waals surface area contributed by atoms with Gasteiger partial charge in [-0.05, 0) is 39.6 Å². The van der Waals surface area contributed by atoms with Gasteiger partial charge in [-0.1, -0.05) is 5.11 Å². The van der Waals surface area contributed by atoms with E-state index in [0.29, 0.717) is 6.42 Å². The Bertz CT molecular complexity index is 654. The molecule has 11 nitrogen and oxygen atoms in total. The maximum Gasteiger partial charge on any atom is 0.472 e. The zero-order valence-electron chi connectivity index (χ0n) is 17.6. The van der Waals surface area contributed by atoms with Crippen LogP contribution in [0.2, 0.25) is 0 Å². The number of phosphoric acid groups is 1. The van der Waals surface area contributed by atoms with Crippen LogP contribution in [0, 0.1) is 0 Å². The van der Waals surface area contributed by atoms with Crippen LogP contribution in [0.4, 0.5) is 0 Å². The van der Waals surface area contributed by atoms with Crippen molar-refractivity contribution in [1.29, 1.82) is 0 Å². The van der Waals surface area contributed by atoms with E-state index in [1.54, 1.807) is 0 Å². The van der Waals surface area contributed by atoms with Crippen molar-refractivity contribution in [3.8, 4) is 0 Å². The fraction of sp³-hybridized carbons (Fsp3) is 1.00. The second-order valence-corrected chi connectivity index (χ2v) is 9.13. The second kappa shape index (κ2) is 11.3. The number of azide groups is 1. The van der Waals surface area contributed by atoms with E-state index in [4.69, 9.17) is 49.2 Å². The van der Waals surface area contributed by atoms with E-state index in [9.17, 15) is 9.46 Å². The lowest BCUT2D eigenvalue weighted by atomic mass is 9.91. The van der Waals surface area contributed by atoms with Crippen LogP contribution in [0.15, 0.2) is 5.11 Å². The summed E-state index contributed by atoms with van der Waals surface area (Å²) in [6.45, 7) is 7.10. The lowest BCUT2D eigenvalue weighted by molar-refractivity contribution is -0.0651. The van der Waals surface area contributed by atoms with Gasteiger partial charge in [-0.3, -0.25) is 9.05 Å². The summed E-state index contributed by atoms with van der Waals surface area (Å²) in [5.41, 5.74) is 8.79. The van der Waals surface area contributed by atoms with Crippen LogP contribution in [-0.2, 0) is 32.6 Å². The Morgan fingerprint density at radius 3 is 2.50 bits per heavy atom. The highest BCUT2D eigenvalue weighted by molar-refractivity contribution is 7.47. The van der Waals surface area contributed by atoms with Gasteiger partial charge >= 0.3 is 7.82 Å². The number of hydrogen-bond donors (Lipinski definition) is 1. The molecule has 2 unspecified atom stereocenters. The third kappa shape index (κ3) is 7.51. The van der Waals surface area contributed by atoms with E-state index in [2.05, 4.69) is 10.0 Å². The third-order valence-electron chi connectivity index (χ3n) is 4.48. The summed E-state index contributed by atoms with van der Waals surface area (Å²) in [5.74, 6) is 0. The van der Waals surface area contributed by atoms with E-state index < -0.39 is 44.2 Å². The molecule has 0 aromatic carbocycles. The average Bonchev–Trinajstić information content (AvgIpc) is 3.11. The van der Waals surface area contributed by atoms with Crippen molar-refractivity contribution < 1.29 is 37.5 Å². The van der Waals surface area contributed by atoms with Gasteiger partial charge in [-0.15, -0.1) is 0 Å². The first kappa shape index (κ1) is 25.6. The molecule has 2 rings (SSSR count). The van der Waals surface area contributed by atoms with Crippen LogP contribution >= 0.6 is 7.82 Å². The minimum atomic E-state index is -4.60. The fourth-order valence-corrected chi connectivity index (χ4v) is 4.21. The lowest BCUT2D eigenvalue weighted by Gasteiger charge is -2.26. The molecule has 2 aliphatic heterocycles. The highest BCUT2D eigenvalue weighted by atomic mass is 31.2. The Labute approximate surface area is 179 Å². The molecule has 0 aliphatic carbocycles. The summed E-state index contributed by atoms with van der Waals surface area (Å²) in [6.07, 6.45) is -2.75. The number of rotatable bonds is 11. The molecule has 2 saturated heterocycles. The van der Waals surface area contributed by atoms with Gasteiger partial charge in [-0.2, -0.15) is 0 Å². The Morgan fingerprint density at radius 1 is 1.20 bits per heavy atom. The molecule has 0 aromatic rings. The van der Waals surface area contributed by atoms with Crippen LogP contribution in [0.25, 0.3) is 10.4 Å². The van der Waals surface area contributed by atoms with E-state index in [1.807, 2.05) is 27.7 Å². The molecule has 0 saturated carbocycles. The molecule has 4 radical (unpaired) electrons. The van der Waals surface area contributed by atoms with Crippen molar-refractivity contribution in [2.24, 2.45) is 5.11 Å². The van der Waals surface area contributed by atoms with Crippen molar-refractivity contribution in [1.82, 2.24) is 0 Å². The van der Waals surface area contributed by atoms with Crippen molar-refractivity contribution in [2.45, 2.75) is 88.8 Å². The Kier molecular flexibility index (Phi) is 9.67. The van der Waals surface area contributed by atoms with Gasteiger partial charge in [0.25, 0.3) is 0 Å². The Hall–Kier alpha value is -0.610. The molecule has 30 heavy (non-hydrogen) atoms. The molecule has 0 spiro atoms. The highest BCUT2D eigenvalue weighted by Crippen LogP contribution is 2.48. The average molecular weight is 443 g/mol. The number of ether oxygens (including phenoxy) is 4. The summed E-state index contributed by atoms with van der Waals surface area (Å²) >= 11 is 0. The summed E-state index contributed by atoms with van der Waals surface area (Å²) < 4.78 is 45.2. The highest BCUT2D eigenvalue weighted by Gasteiger charge is 2.47. The maximum atomic E-state index is 12.6. The van der Waals surface area contributed by atoms with Gasteiger partial charge in [0.05, 0.1) is 37.6 Å². The molecule has 1 N–H and O–H groups in total. The summed E-state index contributed by atoms with van der Waals surface area (Å²) in [4.78, 5) is 13.0. The minimum Gasteiger partial charge on any atom is -0.380 e.